The van der Waals surface area contributed by atoms with Crippen LogP contribution in [0.15, 0.2) is 47.6 Å². The predicted octanol–water partition coefficient (Wildman–Crippen LogP) is -0.142. The zero-order chi connectivity index (χ0) is 23.5. The molecule has 2 fully saturated rings. The van der Waals surface area contributed by atoms with Gasteiger partial charge in [-0.3, -0.25) is 4.79 Å². The fourth-order valence-corrected chi connectivity index (χ4v) is 5.66. The summed E-state index contributed by atoms with van der Waals surface area (Å²) in [6.45, 7) is 4.47. The molecule has 2 saturated heterocycles. The molecule has 182 valence electrons. The van der Waals surface area contributed by atoms with Crippen LogP contribution < -0.4 is 16.0 Å². The molecule has 2 atom stereocenters. The number of β-amino-alcohol motifs (C(OH)–C–C–N with tert-alkyl or cyclic N) is 1. The van der Waals surface area contributed by atoms with Gasteiger partial charge in [-0.25, -0.2) is 4.99 Å². The topological polar surface area (TPSA) is 93.3 Å². The third-order valence-corrected chi connectivity index (χ3v) is 7.56. The number of aromatic nitrogens is 1. The standard InChI is InChI=1S/C26H35N5O3/c32-15-14-30-11-7-21-17-29(19-28-24(21)30)18-26(34)8-12-31(13-9-26)25(33)22-6-10-27-16-23(22)20-4-2-1-3-5-20/h1-5,7,11,17,22-23,27,32,34H,6,8-10,12-16,18-19H2/t22-,23+/m1/s1. The minimum Gasteiger partial charge on any atom is -0.395 e. The molecule has 4 heterocycles. The van der Waals surface area contributed by atoms with Crippen molar-refractivity contribution in [1.29, 1.82) is 0 Å². The highest BCUT2D eigenvalue weighted by Crippen LogP contribution is 2.33. The number of hydrogen-bond acceptors (Lipinski definition) is 6. The molecular formula is C26H35N5O3. The van der Waals surface area contributed by atoms with E-state index in [2.05, 4.69) is 27.3 Å². The summed E-state index contributed by atoms with van der Waals surface area (Å²) in [5.74, 6) is 0.414. The van der Waals surface area contributed by atoms with Gasteiger partial charge < -0.3 is 29.9 Å². The highest BCUT2D eigenvalue weighted by molar-refractivity contribution is 5.80. The molecule has 0 bridgehead atoms. The van der Waals surface area contributed by atoms with E-state index in [1.165, 1.54) is 5.56 Å². The maximum Gasteiger partial charge on any atom is 0.226 e. The predicted molar refractivity (Wildman–Crippen MR) is 129 cm³/mol. The number of carbonyl (C=O) groups is 1. The van der Waals surface area contributed by atoms with Crippen molar-refractivity contribution in [2.75, 3.05) is 46.0 Å². The van der Waals surface area contributed by atoms with E-state index in [4.69, 9.17) is 0 Å². The van der Waals surface area contributed by atoms with Crippen LogP contribution in [0.5, 0.6) is 0 Å². The third-order valence-electron chi connectivity index (χ3n) is 7.56. The molecule has 2 aromatic rings. The number of amides is 1. The summed E-state index contributed by atoms with van der Waals surface area (Å²) in [4.78, 5) is 22.2. The quantitative estimate of drug-likeness (QED) is 0.552. The highest BCUT2D eigenvalue weighted by Gasteiger charge is 2.39. The molecule has 3 aliphatic rings. The van der Waals surface area contributed by atoms with Crippen LogP contribution in [0.3, 0.4) is 0 Å². The fraction of sp³-hybridized carbons (Fsp3) is 0.538. The molecule has 8 nitrogen and oxygen atoms in total. The molecule has 0 unspecified atom stereocenters. The van der Waals surface area contributed by atoms with E-state index in [0.717, 1.165) is 30.2 Å². The van der Waals surface area contributed by atoms with Crippen molar-refractivity contribution in [3.63, 3.8) is 0 Å². The second kappa shape index (κ2) is 9.90. The Labute approximate surface area is 200 Å². The monoisotopic (exact) mass is 465 g/mol. The van der Waals surface area contributed by atoms with Gasteiger partial charge >= 0.3 is 0 Å². The molecule has 0 spiro atoms. The van der Waals surface area contributed by atoms with Crippen molar-refractivity contribution in [2.24, 2.45) is 10.9 Å². The van der Waals surface area contributed by atoms with Crippen molar-refractivity contribution in [3.8, 4) is 0 Å². The van der Waals surface area contributed by atoms with E-state index in [1.54, 1.807) is 0 Å². The Hall–Kier alpha value is -2.68. The smallest absolute Gasteiger partial charge is 0.226 e. The van der Waals surface area contributed by atoms with E-state index >= 15 is 0 Å². The second-order valence-electron chi connectivity index (χ2n) is 9.85. The molecule has 0 radical (unpaired) electrons. The number of benzene rings is 1. The summed E-state index contributed by atoms with van der Waals surface area (Å²) < 4.78 is 1.95. The van der Waals surface area contributed by atoms with E-state index in [1.807, 2.05) is 46.1 Å². The molecule has 5 rings (SSSR count). The van der Waals surface area contributed by atoms with E-state index in [0.29, 0.717) is 45.7 Å². The van der Waals surface area contributed by atoms with Gasteiger partial charge in [-0.05, 0) is 37.4 Å². The number of likely N-dealkylation sites (tertiary alicyclic amines) is 1. The zero-order valence-corrected chi connectivity index (χ0v) is 19.6. The van der Waals surface area contributed by atoms with Crippen LogP contribution >= 0.6 is 0 Å². The van der Waals surface area contributed by atoms with Gasteiger partial charge in [0, 0.05) is 62.2 Å². The lowest BCUT2D eigenvalue weighted by Crippen LogP contribution is -2.54. The van der Waals surface area contributed by atoms with Gasteiger partial charge in [0.15, 0.2) is 0 Å². The van der Waals surface area contributed by atoms with Crippen LogP contribution in [0.2, 0.25) is 0 Å². The average Bonchev–Trinajstić information content (AvgIpc) is 3.26. The first-order chi connectivity index (χ1) is 16.6. The molecule has 1 aromatic carbocycles. The summed E-state index contributed by atoms with van der Waals surface area (Å²) in [6.07, 6.45) is 5.98. The second-order valence-corrected chi connectivity index (χ2v) is 9.85. The fourth-order valence-electron chi connectivity index (χ4n) is 5.66. The molecule has 34 heavy (non-hydrogen) atoms. The van der Waals surface area contributed by atoms with Crippen LogP contribution in [0.4, 0.5) is 0 Å². The molecule has 1 aromatic heterocycles. The van der Waals surface area contributed by atoms with Gasteiger partial charge in [0.2, 0.25) is 5.91 Å². The zero-order valence-electron chi connectivity index (χ0n) is 19.6. The Morgan fingerprint density at radius 2 is 1.97 bits per heavy atom. The molecule has 3 N–H and O–H groups in total. The molecule has 3 aliphatic heterocycles. The first-order valence-corrected chi connectivity index (χ1v) is 12.4. The van der Waals surface area contributed by atoms with Crippen molar-refractivity contribution >= 4 is 12.1 Å². The number of nitrogens with zero attached hydrogens (tertiary/aromatic N) is 4. The summed E-state index contributed by atoms with van der Waals surface area (Å²) in [6, 6.07) is 12.3. The lowest BCUT2D eigenvalue weighted by Gasteiger charge is -2.43. The SMILES string of the molecule is O=C([C@@H]1CCNC[C@H]1c1ccccc1)N1CCC(O)(CN2C=c3ccn(CCO)c3=NC2)CC1. The number of aliphatic hydroxyl groups excluding tert-OH is 1. The van der Waals surface area contributed by atoms with Gasteiger partial charge in [-0.15, -0.1) is 0 Å². The van der Waals surface area contributed by atoms with Crippen molar-refractivity contribution in [1.82, 2.24) is 19.7 Å². The number of hydrogen-bond donors (Lipinski definition) is 3. The van der Waals surface area contributed by atoms with Crippen molar-refractivity contribution in [2.45, 2.75) is 37.3 Å². The molecule has 0 aliphatic carbocycles. The Bertz CT molecular complexity index is 1110. The number of fused-ring (bicyclic) bond motifs is 1. The minimum absolute atomic E-state index is 0.00884. The number of nitrogens with one attached hydrogen (secondary N) is 1. The molecule has 0 saturated carbocycles. The average molecular weight is 466 g/mol. The largest absolute Gasteiger partial charge is 0.395 e. The van der Waals surface area contributed by atoms with Crippen molar-refractivity contribution < 1.29 is 15.0 Å². The maximum atomic E-state index is 13.5. The number of piperidine rings is 2. The Morgan fingerprint density at radius 3 is 2.74 bits per heavy atom. The summed E-state index contributed by atoms with van der Waals surface area (Å²) in [5, 5.41) is 25.0. The van der Waals surface area contributed by atoms with Crippen LogP contribution in [-0.2, 0) is 11.3 Å². The Balaban J connectivity index is 1.21. The first-order valence-electron chi connectivity index (χ1n) is 12.4. The van der Waals surface area contributed by atoms with Crippen molar-refractivity contribution in [3.05, 3.63) is 58.9 Å². The van der Waals surface area contributed by atoms with Gasteiger partial charge in [0.1, 0.15) is 12.2 Å². The first kappa shape index (κ1) is 23.1. The van der Waals surface area contributed by atoms with Gasteiger partial charge in [-0.2, -0.15) is 0 Å². The highest BCUT2D eigenvalue weighted by atomic mass is 16.3. The lowest BCUT2D eigenvalue weighted by molar-refractivity contribution is -0.141. The molecular weight excluding hydrogens is 430 g/mol. The van der Waals surface area contributed by atoms with Gasteiger partial charge in [0.25, 0.3) is 0 Å². The lowest BCUT2D eigenvalue weighted by atomic mass is 9.80. The van der Waals surface area contributed by atoms with Crippen LogP contribution in [0.1, 0.15) is 30.7 Å². The van der Waals surface area contributed by atoms with Gasteiger partial charge in [-0.1, -0.05) is 30.3 Å². The summed E-state index contributed by atoms with van der Waals surface area (Å²) >= 11 is 0. The maximum absolute atomic E-state index is 13.5. The van der Waals surface area contributed by atoms with Gasteiger partial charge in [0.05, 0.1) is 12.2 Å². The summed E-state index contributed by atoms with van der Waals surface area (Å²) in [5.41, 5.74) is 1.27. The normalized spacial score (nSPS) is 24.2. The Morgan fingerprint density at radius 1 is 1.18 bits per heavy atom. The van der Waals surface area contributed by atoms with Crippen LogP contribution in [0.25, 0.3) is 6.20 Å². The third kappa shape index (κ3) is 4.76. The van der Waals surface area contributed by atoms with E-state index in [9.17, 15) is 15.0 Å². The molecule has 8 heteroatoms. The molecule has 1 amide bonds. The van der Waals surface area contributed by atoms with Crippen LogP contribution in [0, 0.1) is 5.92 Å². The minimum atomic E-state index is -0.832. The van der Waals surface area contributed by atoms with E-state index < -0.39 is 5.60 Å². The summed E-state index contributed by atoms with van der Waals surface area (Å²) in [7, 11) is 0. The number of aliphatic hydroxyl groups is 2. The van der Waals surface area contributed by atoms with Crippen LogP contribution in [-0.4, -0.2) is 82.1 Å². The van der Waals surface area contributed by atoms with E-state index in [-0.39, 0.29) is 24.3 Å². The number of rotatable bonds is 6. The number of carbonyl (C=O) groups excluding carboxylic acids is 1. The Kier molecular flexibility index (Phi) is 6.72.